The number of esters is 1. The van der Waals surface area contributed by atoms with Crippen molar-refractivity contribution in [1.29, 1.82) is 0 Å². The van der Waals surface area contributed by atoms with E-state index in [0.29, 0.717) is 37.2 Å². The third-order valence-corrected chi connectivity index (χ3v) is 5.55. The number of nitrogens with zero attached hydrogens (tertiary/aromatic N) is 1. The van der Waals surface area contributed by atoms with Crippen LogP contribution in [0.3, 0.4) is 0 Å². The Morgan fingerprint density at radius 2 is 2.07 bits per heavy atom. The lowest BCUT2D eigenvalue weighted by molar-refractivity contribution is -0.119. The number of Topliss-reactive ketones (excluding diaryl/α,β-unsaturated/α-hetero) is 1. The number of rotatable bonds is 8. The van der Waals surface area contributed by atoms with Gasteiger partial charge in [0, 0.05) is 25.2 Å². The summed E-state index contributed by atoms with van der Waals surface area (Å²) in [6.07, 6.45) is 5.80. The third kappa shape index (κ3) is 5.36. The van der Waals surface area contributed by atoms with E-state index < -0.39 is 13.1 Å². The molecule has 152 valence electrons. The van der Waals surface area contributed by atoms with E-state index in [-0.39, 0.29) is 11.6 Å². The lowest BCUT2D eigenvalue weighted by Crippen LogP contribution is -2.36. The average Bonchev–Trinajstić information content (AvgIpc) is 2.69. The zero-order valence-electron chi connectivity index (χ0n) is 16.7. The van der Waals surface area contributed by atoms with E-state index in [1.165, 1.54) is 19.3 Å². The molecule has 0 bridgehead atoms. The molecule has 0 unspecified atom stereocenters. The van der Waals surface area contributed by atoms with Crippen molar-refractivity contribution in [2.75, 3.05) is 26.2 Å². The molecule has 1 aromatic rings. The maximum atomic E-state index is 12.6. The Hall–Kier alpha value is -1.86. The number of piperidine rings is 1. The minimum absolute atomic E-state index is 0.131. The van der Waals surface area contributed by atoms with Crippen LogP contribution in [0.2, 0.25) is 5.82 Å². The van der Waals surface area contributed by atoms with Crippen LogP contribution >= 0.6 is 0 Å². The standard InChI is InChI=1S/C21H30BNO5/c1-2-7-18(24)15-17-14-16-8-6-9-19(20(16)28-22(17)26)21(25)27-13-12-23-10-4-3-5-11-23/h6,8-9,17,26H,2-5,7,10-15H2,1H3/t17-/m1/s1. The van der Waals surface area contributed by atoms with Gasteiger partial charge in [-0.2, -0.15) is 0 Å². The number of ketones is 1. The van der Waals surface area contributed by atoms with Gasteiger partial charge in [-0.1, -0.05) is 25.5 Å². The Kier molecular flexibility index (Phi) is 7.51. The number of carbonyl (C=O) groups excluding carboxylic acids is 2. The van der Waals surface area contributed by atoms with Crippen molar-refractivity contribution < 1.29 is 24.0 Å². The van der Waals surface area contributed by atoms with Gasteiger partial charge in [-0.15, -0.1) is 0 Å². The monoisotopic (exact) mass is 387 g/mol. The Bertz CT molecular complexity index is 689. The van der Waals surface area contributed by atoms with Crippen molar-refractivity contribution in [3.05, 3.63) is 29.3 Å². The molecular weight excluding hydrogens is 357 g/mol. The molecule has 0 saturated carbocycles. The van der Waals surface area contributed by atoms with Gasteiger partial charge in [0.1, 0.15) is 23.7 Å². The third-order valence-electron chi connectivity index (χ3n) is 5.55. The first kappa shape index (κ1) is 20.9. The van der Waals surface area contributed by atoms with E-state index in [9.17, 15) is 14.6 Å². The molecule has 28 heavy (non-hydrogen) atoms. The summed E-state index contributed by atoms with van der Waals surface area (Å²) in [7, 11) is -1.09. The minimum atomic E-state index is -1.09. The molecule has 0 aromatic heterocycles. The van der Waals surface area contributed by atoms with Gasteiger partial charge in [-0.3, -0.25) is 9.69 Å². The highest BCUT2D eigenvalue weighted by Crippen LogP contribution is 2.36. The van der Waals surface area contributed by atoms with Crippen LogP contribution in [0.5, 0.6) is 5.75 Å². The molecule has 2 aliphatic heterocycles. The lowest BCUT2D eigenvalue weighted by Gasteiger charge is -2.28. The number of carbonyl (C=O) groups is 2. The molecule has 1 atom stereocenters. The summed E-state index contributed by atoms with van der Waals surface area (Å²) in [5, 5.41) is 10.4. The summed E-state index contributed by atoms with van der Waals surface area (Å²) in [4.78, 5) is 26.8. The molecular formula is C21H30BNO5. The summed E-state index contributed by atoms with van der Waals surface area (Å²) in [5.74, 6) is -0.192. The van der Waals surface area contributed by atoms with Gasteiger partial charge in [0.2, 0.25) is 0 Å². The molecule has 6 nitrogen and oxygen atoms in total. The van der Waals surface area contributed by atoms with Crippen molar-refractivity contribution in [3.8, 4) is 5.75 Å². The maximum absolute atomic E-state index is 12.6. The first-order chi connectivity index (χ1) is 13.6. The number of hydrogen-bond acceptors (Lipinski definition) is 6. The van der Waals surface area contributed by atoms with E-state index in [4.69, 9.17) is 9.39 Å². The summed E-state index contributed by atoms with van der Waals surface area (Å²) < 4.78 is 11.1. The molecule has 2 heterocycles. The van der Waals surface area contributed by atoms with Crippen molar-refractivity contribution in [1.82, 2.24) is 4.90 Å². The second-order valence-corrected chi connectivity index (χ2v) is 7.80. The summed E-state index contributed by atoms with van der Waals surface area (Å²) >= 11 is 0. The first-order valence-corrected chi connectivity index (χ1v) is 10.5. The fourth-order valence-corrected chi connectivity index (χ4v) is 4.02. The van der Waals surface area contributed by atoms with Gasteiger partial charge in [0.15, 0.2) is 0 Å². The lowest BCUT2D eigenvalue weighted by atomic mass is 9.64. The van der Waals surface area contributed by atoms with Gasteiger partial charge in [-0.25, -0.2) is 4.79 Å². The van der Waals surface area contributed by atoms with Crippen molar-refractivity contribution >= 4 is 18.9 Å². The molecule has 3 rings (SSSR count). The van der Waals surface area contributed by atoms with E-state index in [0.717, 1.165) is 31.6 Å². The first-order valence-electron chi connectivity index (χ1n) is 10.5. The Labute approximate surface area is 167 Å². The van der Waals surface area contributed by atoms with Crippen LogP contribution in [0.4, 0.5) is 0 Å². The Balaban J connectivity index is 1.60. The maximum Gasteiger partial charge on any atom is 0.526 e. The van der Waals surface area contributed by atoms with Gasteiger partial charge in [0.05, 0.1) is 0 Å². The van der Waals surface area contributed by atoms with Gasteiger partial charge in [-0.05, 0) is 50.4 Å². The highest BCUT2D eigenvalue weighted by molar-refractivity contribution is 6.47. The average molecular weight is 387 g/mol. The topological polar surface area (TPSA) is 76.1 Å². The number of fused-ring (bicyclic) bond motifs is 1. The van der Waals surface area contributed by atoms with Crippen LogP contribution in [0.15, 0.2) is 18.2 Å². The zero-order valence-corrected chi connectivity index (χ0v) is 16.7. The molecule has 0 amide bonds. The van der Waals surface area contributed by atoms with Gasteiger partial charge < -0.3 is 14.4 Å². The van der Waals surface area contributed by atoms with Crippen LogP contribution in [0, 0.1) is 0 Å². The predicted molar refractivity (Wildman–Crippen MR) is 108 cm³/mol. The second kappa shape index (κ2) is 10.1. The highest BCUT2D eigenvalue weighted by atomic mass is 16.5. The fourth-order valence-electron chi connectivity index (χ4n) is 4.02. The minimum Gasteiger partial charge on any atom is -0.535 e. The summed E-state index contributed by atoms with van der Waals surface area (Å²) in [6, 6.07) is 5.34. The zero-order chi connectivity index (χ0) is 19.9. The molecule has 1 fully saturated rings. The molecule has 0 radical (unpaired) electrons. The van der Waals surface area contributed by atoms with E-state index >= 15 is 0 Å². The highest BCUT2D eigenvalue weighted by Gasteiger charge is 2.37. The molecule has 0 aliphatic carbocycles. The number of benzene rings is 1. The van der Waals surface area contributed by atoms with Gasteiger partial charge in [0.25, 0.3) is 0 Å². The van der Waals surface area contributed by atoms with Crippen LogP contribution in [0.25, 0.3) is 0 Å². The smallest absolute Gasteiger partial charge is 0.526 e. The molecule has 2 aliphatic rings. The predicted octanol–water partition coefficient (Wildman–Crippen LogP) is 2.87. The SMILES string of the molecule is CCCC(=O)C[C@H]1Cc2cccc(C(=O)OCCN3CCCCC3)c2OB1O. The van der Waals surface area contributed by atoms with Crippen LogP contribution in [-0.4, -0.2) is 55.0 Å². The molecule has 0 spiro atoms. The summed E-state index contributed by atoms with van der Waals surface area (Å²) in [5.41, 5.74) is 1.18. The molecule has 7 heteroatoms. The van der Waals surface area contributed by atoms with Crippen molar-refractivity contribution in [3.63, 3.8) is 0 Å². The Morgan fingerprint density at radius 1 is 1.29 bits per heavy atom. The van der Waals surface area contributed by atoms with Crippen LogP contribution < -0.4 is 4.65 Å². The van der Waals surface area contributed by atoms with Gasteiger partial charge >= 0.3 is 13.1 Å². The molecule has 1 aromatic carbocycles. The number of hydrogen-bond donors (Lipinski definition) is 1. The van der Waals surface area contributed by atoms with Crippen molar-refractivity contribution in [2.45, 2.75) is 57.7 Å². The largest absolute Gasteiger partial charge is 0.535 e. The number of ether oxygens (including phenoxy) is 1. The quantitative estimate of drug-likeness (QED) is 0.546. The Morgan fingerprint density at radius 3 is 2.82 bits per heavy atom. The van der Waals surface area contributed by atoms with Crippen LogP contribution in [-0.2, 0) is 16.0 Å². The van der Waals surface area contributed by atoms with E-state index in [2.05, 4.69) is 4.90 Å². The van der Waals surface area contributed by atoms with E-state index in [1.54, 1.807) is 12.1 Å². The second-order valence-electron chi connectivity index (χ2n) is 7.80. The fraction of sp³-hybridized carbons (Fsp3) is 0.619. The number of likely N-dealkylation sites (tertiary alicyclic amines) is 1. The molecule has 1 N–H and O–H groups in total. The van der Waals surface area contributed by atoms with Crippen molar-refractivity contribution in [2.24, 2.45) is 0 Å². The van der Waals surface area contributed by atoms with E-state index in [1.807, 2.05) is 13.0 Å². The normalized spacial score (nSPS) is 19.6. The van der Waals surface area contributed by atoms with Crippen LogP contribution in [0.1, 0.15) is 61.4 Å². The number of para-hydroxylation sites is 1. The summed E-state index contributed by atoms with van der Waals surface area (Å²) in [6.45, 7) is 5.17. The molecule has 1 saturated heterocycles.